The number of carbonyl (C=O) groups is 1. The van der Waals surface area contributed by atoms with Crippen molar-refractivity contribution in [1.29, 1.82) is 0 Å². The van der Waals surface area contributed by atoms with Gasteiger partial charge in [0.15, 0.2) is 11.5 Å². The standard InChI is InChI=1S/C19H17FN4O3/c1-26-17-8-3-12(9-18(17)27-2)11-21-24-19(25)16-10-15(22-23-16)13-4-6-14(20)7-5-13/h3-11H,1-2H3,(H,22,23)(H,24,25)/b21-11-. The Hall–Kier alpha value is -3.68. The van der Waals surface area contributed by atoms with Crippen LogP contribution in [0.2, 0.25) is 0 Å². The second-order valence-corrected chi connectivity index (χ2v) is 5.49. The molecule has 2 N–H and O–H groups in total. The molecule has 0 fully saturated rings. The maximum Gasteiger partial charge on any atom is 0.289 e. The van der Waals surface area contributed by atoms with Crippen molar-refractivity contribution in [2.24, 2.45) is 5.10 Å². The summed E-state index contributed by atoms with van der Waals surface area (Å²) in [7, 11) is 3.09. The maximum absolute atomic E-state index is 13.0. The number of benzene rings is 2. The van der Waals surface area contributed by atoms with E-state index in [0.717, 1.165) is 5.56 Å². The SMILES string of the molecule is COc1ccc(/C=N\NC(=O)c2cc(-c3ccc(F)cc3)n[nH]2)cc1OC. The van der Waals surface area contributed by atoms with Gasteiger partial charge in [-0.1, -0.05) is 0 Å². The third-order valence-corrected chi connectivity index (χ3v) is 3.75. The van der Waals surface area contributed by atoms with Gasteiger partial charge >= 0.3 is 0 Å². The molecule has 0 atom stereocenters. The Balaban J connectivity index is 1.66. The number of carbonyl (C=O) groups excluding carboxylic acids is 1. The van der Waals surface area contributed by atoms with Crippen LogP contribution in [0.1, 0.15) is 16.1 Å². The van der Waals surface area contributed by atoms with Gasteiger partial charge in [0.25, 0.3) is 5.91 Å². The number of nitrogens with one attached hydrogen (secondary N) is 2. The molecule has 0 saturated heterocycles. The third kappa shape index (κ3) is 4.30. The number of halogens is 1. The predicted octanol–water partition coefficient (Wildman–Crippen LogP) is 3.00. The summed E-state index contributed by atoms with van der Waals surface area (Å²) >= 11 is 0. The summed E-state index contributed by atoms with van der Waals surface area (Å²) in [6, 6.07) is 12.6. The van der Waals surface area contributed by atoms with Crippen molar-refractivity contribution < 1.29 is 18.7 Å². The summed E-state index contributed by atoms with van der Waals surface area (Å²) in [5.41, 5.74) is 4.60. The highest BCUT2D eigenvalue weighted by Crippen LogP contribution is 2.26. The fraction of sp³-hybridized carbons (Fsp3) is 0.105. The van der Waals surface area contributed by atoms with E-state index in [2.05, 4.69) is 20.7 Å². The molecule has 3 rings (SSSR count). The van der Waals surface area contributed by atoms with E-state index in [1.54, 1.807) is 43.5 Å². The molecule has 7 nitrogen and oxygen atoms in total. The molecule has 2 aromatic carbocycles. The van der Waals surface area contributed by atoms with E-state index in [9.17, 15) is 9.18 Å². The Kier molecular flexibility index (Phi) is 5.46. The molecule has 1 aromatic heterocycles. The van der Waals surface area contributed by atoms with E-state index in [1.165, 1.54) is 25.5 Å². The van der Waals surface area contributed by atoms with E-state index < -0.39 is 5.91 Å². The number of hydrogen-bond donors (Lipinski definition) is 2. The normalized spacial score (nSPS) is 10.8. The molecule has 0 aliphatic carbocycles. The molecule has 0 bridgehead atoms. The molecule has 0 radical (unpaired) electrons. The monoisotopic (exact) mass is 368 g/mol. The van der Waals surface area contributed by atoms with Crippen molar-refractivity contribution >= 4 is 12.1 Å². The van der Waals surface area contributed by atoms with E-state index in [0.29, 0.717) is 22.8 Å². The topological polar surface area (TPSA) is 88.6 Å². The Labute approximate surface area is 154 Å². The molecule has 0 unspecified atom stereocenters. The van der Waals surface area contributed by atoms with Crippen molar-refractivity contribution in [1.82, 2.24) is 15.6 Å². The van der Waals surface area contributed by atoms with Gasteiger partial charge in [-0.05, 0) is 54.1 Å². The molecule has 0 aliphatic rings. The number of rotatable bonds is 6. The van der Waals surface area contributed by atoms with Crippen LogP contribution < -0.4 is 14.9 Å². The van der Waals surface area contributed by atoms with Gasteiger partial charge in [-0.25, -0.2) is 9.82 Å². The zero-order valence-electron chi connectivity index (χ0n) is 14.7. The molecular weight excluding hydrogens is 351 g/mol. The average molecular weight is 368 g/mol. The molecule has 0 saturated carbocycles. The van der Waals surface area contributed by atoms with Crippen LogP contribution in [0.5, 0.6) is 11.5 Å². The summed E-state index contributed by atoms with van der Waals surface area (Å²) in [5, 5.41) is 10.6. The number of hydrazone groups is 1. The minimum Gasteiger partial charge on any atom is -0.493 e. The van der Waals surface area contributed by atoms with Gasteiger partial charge in [0, 0.05) is 5.56 Å². The highest BCUT2D eigenvalue weighted by molar-refractivity contribution is 5.94. The van der Waals surface area contributed by atoms with Crippen molar-refractivity contribution in [2.75, 3.05) is 14.2 Å². The van der Waals surface area contributed by atoms with Gasteiger partial charge in [0.05, 0.1) is 26.1 Å². The fourth-order valence-electron chi connectivity index (χ4n) is 2.37. The molecule has 1 amide bonds. The van der Waals surface area contributed by atoms with Crippen molar-refractivity contribution in [3.8, 4) is 22.8 Å². The van der Waals surface area contributed by atoms with Crippen LogP contribution in [0.25, 0.3) is 11.3 Å². The Morgan fingerprint density at radius 3 is 2.56 bits per heavy atom. The van der Waals surface area contributed by atoms with Crippen LogP contribution in [0.3, 0.4) is 0 Å². The first-order valence-electron chi connectivity index (χ1n) is 7.97. The second kappa shape index (κ2) is 8.13. The highest BCUT2D eigenvalue weighted by atomic mass is 19.1. The lowest BCUT2D eigenvalue weighted by Crippen LogP contribution is -2.18. The molecular formula is C19H17FN4O3. The summed E-state index contributed by atoms with van der Waals surface area (Å²) in [6.07, 6.45) is 1.48. The van der Waals surface area contributed by atoms with E-state index in [1.807, 2.05) is 0 Å². The highest BCUT2D eigenvalue weighted by Gasteiger charge is 2.10. The summed E-state index contributed by atoms with van der Waals surface area (Å²) in [6.45, 7) is 0. The summed E-state index contributed by atoms with van der Waals surface area (Å²) in [5.74, 6) is 0.374. The van der Waals surface area contributed by atoms with E-state index >= 15 is 0 Å². The number of nitrogens with zero attached hydrogens (tertiary/aromatic N) is 2. The number of ether oxygens (including phenoxy) is 2. The zero-order valence-corrected chi connectivity index (χ0v) is 14.7. The molecule has 1 heterocycles. The van der Waals surface area contributed by atoms with Crippen LogP contribution in [0.15, 0.2) is 53.6 Å². The van der Waals surface area contributed by atoms with Gasteiger partial charge in [-0.15, -0.1) is 0 Å². The average Bonchev–Trinajstić information content (AvgIpc) is 3.18. The number of H-pyrrole nitrogens is 1. The van der Waals surface area contributed by atoms with Crippen molar-refractivity contribution in [2.45, 2.75) is 0 Å². The van der Waals surface area contributed by atoms with Crippen molar-refractivity contribution in [3.63, 3.8) is 0 Å². The van der Waals surface area contributed by atoms with Gasteiger partial charge in [0.2, 0.25) is 0 Å². The first-order valence-corrected chi connectivity index (χ1v) is 7.97. The minimum absolute atomic E-state index is 0.235. The fourth-order valence-corrected chi connectivity index (χ4v) is 2.37. The lowest BCUT2D eigenvalue weighted by atomic mass is 10.1. The predicted molar refractivity (Wildman–Crippen MR) is 98.6 cm³/mol. The number of hydrogen-bond acceptors (Lipinski definition) is 5. The minimum atomic E-state index is -0.451. The second-order valence-electron chi connectivity index (χ2n) is 5.49. The van der Waals surface area contributed by atoms with Crippen LogP contribution in [-0.2, 0) is 0 Å². The molecule has 8 heteroatoms. The first kappa shape index (κ1) is 18.1. The lowest BCUT2D eigenvalue weighted by Gasteiger charge is -2.07. The van der Waals surface area contributed by atoms with Crippen LogP contribution in [0, 0.1) is 5.82 Å². The zero-order chi connectivity index (χ0) is 19.2. The van der Waals surface area contributed by atoms with Crippen LogP contribution >= 0.6 is 0 Å². The molecule has 0 aliphatic heterocycles. The first-order chi connectivity index (χ1) is 13.1. The van der Waals surface area contributed by atoms with Crippen LogP contribution in [-0.4, -0.2) is 36.5 Å². The van der Waals surface area contributed by atoms with Crippen LogP contribution in [0.4, 0.5) is 4.39 Å². The lowest BCUT2D eigenvalue weighted by molar-refractivity contribution is 0.0950. The number of aromatic nitrogens is 2. The molecule has 3 aromatic rings. The van der Waals surface area contributed by atoms with Gasteiger partial charge in [0.1, 0.15) is 11.5 Å². The van der Waals surface area contributed by atoms with Gasteiger partial charge < -0.3 is 9.47 Å². The molecule has 0 spiro atoms. The summed E-state index contributed by atoms with van der Waals surface area (Å²) < 4.78 is 23.4. The van der Waals surface area contributed by atoms with Crippen molar-refractivity contribution in [3.05, 3.63) is 65.6 Å². The Morgan fingerprint density at radius 2 is 1.85 bits per heavy atom. The molecule has 27 heavy (non-hydrogen) atoms. The third-order valence-electron chi connectivity index (χ3n) is 3.75. The van der Waals surface area contributed by atoms with E-state index in [-0.39, 0.29) is 11.5 Å². The van der Waals surface area contributed by atoms with E-state index in [4.69, 9.17) is 9.47 Å². The maximum atomic E-state index is 13.0. The van der Waals surface area contributed by atoms with Gasteiger partial charge in [-0.2, -0.15) is 10.2 Å². The largest absolute Gasteiger partial charge is 0.493 e. The van der Waals surface area contributed by atoms with Gasteiger partial charge in [-0.3, -0.25) is 9.89 Å². The smallest absolute Gasteiger partial charge is 0.289 e. The summed E-state index contributed by atoms with van der Waals surface area (Å²) in [4.78, 5) is 12.2. The number of amides is 1. The Bertz CT molecular complexity index is 967. The Morgan fingerprint density at radius 1 is 1.11 bits per heavy atom. The number of methoxy groups -OCH3 is 2. The number of aromatic amines is 1. The molecule has 138 valence electrons. The quantitative estimate of drug-likeness (QED) is 0.517.